The van der Waals surface area contributed by atoms with Crippen LogP contribution in [-0.4, -0.2) is 28.2 Å². The molecule has 0 fully saturated rings. The van der Waals surface area contributed by atoms with Crippen LogP contribution in [0.5, 0.6) is 0 Å². The Hall–Kier alpha value is -3.00. The Morgan fingerprint density at radius 1 is 0.731 bits per heavy atom. The molecule has 0 aromatic heterocycles. The smallest absolute Gasteiger partial charge is 0.0361 e. The second kappa shape index (κ2) is 7.49. The minimum Gasteiger partial charge on any atom is -0.378 e. The highest BCUT2D eigenvalue weighted by Crippen LogP contribution is 2.36. The standard InChI is InChI=1S/C24H25N2/c1-6-18-8-7-9-23(19-10-14-21(15-11-19)25(2)3)24(18)20-12-16-22(17-13-20)26(4)5/h6-8,10-17H,1H2,2-5H3. The first kappa shape index (κ1) is 17.8. The van der Waals surface area contributed by atoms with Crippen LogP contribution >= 0.6 is 0 Å². The lowest BCUT2D eigenvalue weighted by Crippen LogP contribution is -2.08. The molecule has 0 spiro atoms. The van der Waals surface area contributed by atoms with Crippen molar-refractivity contribution in [3.05, 3.63) is 78.9 Å². The van der Waals surface area contributed by atoms with Crippen molar-refractivity contribution in [1.29, 1.82) is 0 Å². The van der Waals surface area contributed by atoms with E-state index in [1.54, 1.807) is 0 Å². The molecule has 2 nitrogen and oxygen atoms in total. The summed E-state index contributed by atoms with van der Waals surface area (Å²) in [7, 11) is 8.21. The number of hydrogen-bond acceptors (Lipinski definition) is 2. The molecule has 0 atom stereocenters. The second-order valence-electron chi connectivity index (χ2n) is 6.77. The molecule has 0 amide bonds. The maximum Gasteiger partial charge on any atom is 0.0361 e. The molecule has 3 aromatic rings. The van der Waals surface area contributed by atoms with Crippen LogP contribution in [0.3, 0.4) is 0 Å². The highest BCUT2D eigenvalue weighted by molar-refractivity contribution is 5.89. The van der Waals surface area contributed by atoms with Crippen molar-refractivity contribution < 1.29 is 0 Å². The number of rotatable bonds is 5. The summed E-state index contributed by atoms with van der Waals surface area (Å²) < 4.78 is 0. The lowest BCUT2D eigenvalue weighted by atomic mass is 9.90. The van der Waals surface area contributed by atoms with Gasteiger partial charge in [-0.05, 0) is 58.1 Å². The van der Waals surface area contributed by atoms with Gasteiger partial charge in [0, 0.05) is 39.6 Å². The summed E-state index contributed by atoms with van der Waals surface area (Å²) in [4.78, 5) is 4.21. The molecule has 131 valence electrons. The Morgan fingerprint density at radius 2 is 1.23 bits per heavy atom. The van der Waals surface area contributed by atoms with E-state index in [1.807, 2.05) is 12.1 Å². The van der Waals surface area contributed by atoms with Gasteiger partial charge in [-0.1, -0.05) is 49.1 Å². The number of nitrogens with zero attached hydrogens (tertiary/aromatic N) is 2. The lowest BCUT2D eigenvalue weighted by molar-refractivity contribution is 1.13. The quantitative estimate of drug-likeness (QED) is 0.596. The summed E-state index contributed by atoms with van der Waals surface area (Å²) in [5.74, 6) is 0. The van der Waals surface area contributed by atoms with E-state index in [2.05, 4.69) is 105 Å². The third-order valence-corrected chi connectivity index (χ3v) is 4.59. The summed E-state index contributed by atoms with van der Waals surface area (Å²) in [5.41, 5.74) is 8.10. The van der Waals surface area contributed by atoms with Gasteiger partial charge in [0.1, 0.15) is 0 Å². The summed E-state index contributed by atoms with van der Waals surface area (Å²) in [6.45, 7) is 4.01. The van der Waals surface area contributed by atoms with Crippen molar-refractivity contribution in [2.45, 2.75) is 0 Å². The molecule has 0 aliphatic heterocycles. The van der Waals surface area contributed by atoms with Gasteiger partial charge in [-0.3, -0.25) is 0 Å². The van der Waals surface area contributed by atoms with Crippen LogP contribution in [0.1, 0.15) is 5.56 Å². The number of anilines is 2. The van der Waals surface area contributed by atoms with E-state index in [4.69, 9.17) is 0 Å². The van der Waals surface area contributed by atoms with Gasteiger partial charge in [-0.15, -0.1) is 0 Å². The number of hydrogen-bond donors (Lipinski definition) is 0. The van der Waals surface area contributed by atoms with Gasteiger partial charge >= 0.3 is 0 Å². The first-order valence-electron chi connectivity index (χ1n) is 8.74. The van der Waals surface area contributed by atoms with Crippen molar-refractivity contribution in [2.75, 3.05) is 38.0 Å². The van der Waals surface area contributed by atoms with Crippen LogP contribution in [0.2, 0.25) is 0 Å². The Balaban J connectivity index is 2.13. The Labute approximate surface area is 157 Å². The van der Waals surface area contributed by atoms with Gasteiger partial charge in [-0.2, -0.15) is 0 Å². The Morgan fingerprint density at radius 3 is 1.69 bits per heavy atom. The molecule has 3 rings (SSSR count). The third kappa shape index (κ3) is 3.50. The van der Waals surface area contributed by atoms with E-state index in [9.17, 15) is 0 Å². The molecule has 3 aromatic carbocycles. The van der Waals surface area contributed by atoms with Gasteiger partial charge in [0.05, 0.1) is 0 Å². The monoisotopic (exact) mass is 341 g/mol. The molecule has 1 radical (unpaired) electrons. The van der Waals surface area contributed by atoms with Gasteiger partial charge in [0.15, 0.2) is 0 Å². The Bertz CT molecular complexity index is 888. The molecule has 2 heteroatoms. The predicted molar refractivity (Wildman–Crippen MR) is 115 cm³/mol. The minimum atomic E-state index is 1.10. The largest absolute Gasteiger partial charge is 0.378 e. The highest BCUT2D eigenvalue weighted by Gasteiger charge is 2.12. The number of benzene rings is 3. The van der Waals surface area contributed by atoms with E-state index in [-0.39, 0.29) is 0 Å². The van der Waals surface area contributed by atoms with Crippen LogP contribution < -0.4 is 9.80 Å². The van der Waals surface area contributed by atoms with E-state index < -0.39 is 0 Å². The normalized spacial score (nSPS) is 10.5. The average molecular weight is 341 g/mol. The fraction of sp³-hybridized carbons (Fsp3) is 0.167. The van der Waals surface area contributed by atoms with Gasteiger partial charge in [-0.25, -0.2) is 0 Å². The average Bonchev–Trinajstić information content (AvgIpc) is 2.67. The molecule has 0 bridgehead atoms. The van der Waals surface area contributed by atoms with Crippen molar-refractivity contribution in [3.8, 4) is 22.3 Å². The SMILES string of the molecule is C=Cc1cc[c]c(-c2ccc(N(C)C)cc2)c1-c1ccc(N(C)C)cc1. The molecule has 0 saturated carbocycles. The van der Waals surface area contributed by atoms with Crippen molar-refractivity contribution in [3.63, 3.8) is 0 Å². The van der Waals surface area contributed by atoms with Gasteiger partial charge in [0.25, 0.3) is 0 Å². The summed E-state index contributed by atoms with van der Waals surface area (Å²) >= 11 is 0. The van der Waals surface area contributed by atoms with E-state index in [0.29, 0.717) is 0 Å². The van der Waals surface area contributed by atoms with E-state index in [0.717, 1.165) is 16.7 Å². The van der Waals surface area contributed by atoms with Crippen LogP contribution in [-0.2, 0) is 0 Å². The van der Waals surface area contributed by atoms with E-state index in [1.165, 1.54) is 22.5 Å². The zero-order valence-corrected chi connectivity index (χ0v) is 16.0. The zero-order chi connectivity index (χ0) is 18.7. The van der Waals surface area contributed by atoms with Crippen molar-refractivity contribution >= 4 is 17.5 Å². The fourth-order valence-corrected chi connectivity index (χ4v) is 3.08. The maximum absolute atomic E-state index is 4.01. The predicted octanol–water partition coefficient (Wildman–Crippen LogP) is 5.60. The molecule has 0 aliphatic rings. The maximum atomic E-state index is 4.01. The first-order chi connectivity index (χ1) is 12.5. The molecule has 0 unspecified atom stereocenters. The van der Waals surface area contributed by atoms with Crippen molar-refractivity contribution in [2.24, 2.45) is 0 Å². The van der Waals surface area contributed by atoms with Crippen LogP contribution in [0.25, 0.3) is 28.3 Å². The fourth-order valence-electron chi connectivity index (χ4n) is 3.08. The molecular formula is C24H25N2. The third-order valence-electron chi connectivity index (χ3n) is 4.59. The summed E-state index contributed by atoms with van der Waals surface area (Å²) in [5, 5.41) is 0. The molecule has 26 heavy (non-hydrogen) atoms. The highest BCUT2D eigenvalue weighted by atomic mass is 15.1. The van der Waals surface area contributed by atoms with Crippen molar-refractivity contribution in [1.82, 2.24) is 0 Å². The molecule has 0 saturated heterocycles. The van der Waals surface area contributed by atoms with Crippen LogP contribution in [0.4, 0.5) is 11.4 Å². The van der Waals surface area contributed by atoms with Crippen LogP contribution in [0, 0.1) is 6.07 Å². The topological polar surface area (TPSA) is 6.48 Å². The van der Waals surface area contributed by atoms with E-state index >= 15 is 0 Å². The first-order valence-corrected chi connectivity index (χ1v) is 8.74. The summed E-state index contributed by atoms with van der Waals surface area (Å²) in [6, 6.07) is 24.7. The minimum absolute atomic E-state index is 1.10. The lowest BCUT2D eigenvalue weighted by Gasteiger charge is -2.17. The van der Waals surface area contributed by atoms with Crippen LogP contribution in [0.15, 0.2) is 67.2 Å². The van der Waals surface area contributed by atoms with Gasteiger partial charge in [0.2, 0.25) is 0 Å². The Kier molecular flexibility index (Phi) is 5.13. The zero-order valence-electron chi connectivity index (χ0n) is 16.0. The van der Waals surface area contributed by atoms with Gasteiger partial charge < -0.3 is 9.80 Å². The molecule has 0 N–H and O–H groups in total. The second-order valence-corrected chi connectivity index (χ2v) is 6.77. The molecular weight excluding hydrogens is 316 g/mol. The molecule has 0 aliphatic carbocycles. The molecule has 0 heterocycles. The summed E-state index contributed by atoms with van der Waals surface area (Å²) in [6.07, 6.45) is 1.92.